The molecule has 0 spiro atoms. The predicted molar refractivity (Wildman–Crippen MR) is 103 cm³/mol. The third-order valence-corrected chi connectivity index (χ3v) is 4.20. The highest BCUT2D eigenvalue weighted by Crippen LogP contribution is 2.05. The van der Waals surface area contributed by atoms with Crippen LogP contribution in [0.25, 0.3) is 0 Å². The van der Waals surface area contributed by atoms with Crippen molar-refractivity contribution in [3.05, 3.63) is 18.2 Å². The van der Waals surface area contributed by atoms with Crippen molar-refractivity contribution in [1.29, 1.82) is 0 Å². The van der Waals surface area contributed by atoms with Gasteiger partial charge in [-0.1, -0.05) is 13.8 Å². The zero-order chi connectivity index (χ0) is 21.3. The number of aromatic amines is 1. The number of imidazole rings is 1. The van der Waals surface area contributed by atoms with Crippen molar-refractivity contribution in [3.8, 4) is 0 Å². The second-order valence-electron chi connectivity index (χ2n) is 6.47. The summed E-state index contributed by atoms with van der Waals surface area (Å²) < 4.78 is 0. The number of nitrogens with two attached hydrogens (primary N) is 1. The summed E-state index contributed by atoms with van der Waals surface area (Å²) in [4.78, 5) is 54.4. The molecule has 1 heterocycles. The van der Waals surface area contributed by atoms with Gasteiger partial charge in [-0.05, 0) is 5.92 Å². The number of carbonyl (C=O) groups excluding carboxylic acids is 3. The van der Waals surface area contributed by atoms with E-state index in [0.29, 0.717) is 5.69 Å². The number of amides is 3. The topological polar surface area (TPSA) is 179 Å². The molecule has 0 aliphatic carbocycles. The van der Waals surface area contributed by atoms with E-state index in [9.17, 15) is 19.2 Å². The summed E-state index contributed by atoms with van der Waals surface area (Å²) in [5, 5.41) is 16.1. The Morgan fingerprint density at radius 2 is 1.89 bits per heavy atom. The molecule has 0 radical (unpaired) electrons. The van der Waals surface area contributed by atoms with Gasteiger partial charge in [-0.2, -0.15) is 12.6 Å². The average molecular weight is 414 g/mol. The van der Waals surface area contributed by atoms with Gasteiger partial charge in [-0.15, -0.1) is 0 Å². The van der Waals surface area contributed by atoms with Crippen molar-refractivity contribution >= 4 is 36.3 Å². The van der Waals surface area contributed by atoms with Crippen molar-refractivity contribution in [3.63, 3.8) is 0 Å². The van der Waals surface area contributed by atoms with Crippen LogP contribution in [0.4, 0.5) is 0 Å². The SMILES string of the molecule is CC(C)C(NC(=O)C(N)CS)C(=O)NC(Cc1cnc[nH]1)C(=O)NCC(=O)O. The second-order valence-corrected chi connectivity index (χ2v) is 6.84. The molecule has 3 amide bonds. The number of hydrogen-bond acceptors (Lipinski definition) is 7. The van der Waals surface area contributed by atoms with Crippen molar-refractivity contribution < 1.29 is 24.3 Å². The van der Waals surface area contributed by atoms with E-state index in [-0.39, 0.29) is 18.1 Å². The number of hydrogen-bond donors (Lipinski definition) is 7. The van der Waals surface area contributed by atoms with E-state index < -0.39 is 48.4 Å². The zero-order valence-corrected chi connectivity index (χ0v) is 16.5. The zero-order valence-electron chi connectivity index (χ0n) is 15.6. The maximum atomic E-state index is 12.7. The molecule has 0 aliphatic heterocycles. The van der Waals surface area contributed by atoms with Gasteiger partial charge in [0.2, 0.25) is 17.7 Å². The molecule has 0 saturated heterocycles. The molecule has 0 aromatic carbocycles. The standard InChI is InChI=1S/C16H26N6O5S/c1-8(2)13(22-14(25)10(17)6-28)16(27)21-11(3-9-4-18-7-20-9)15(26)19-5-12(23)24/h4,7-8,10-11,13,28H,3,5-6,17H2,1-2H3,(H,18,20)(H,19,26)(H,21,27)(H,22,25)(H,23,24). The third kappa shape index (κ3) is 7.56. The molecule has 1 aromatic rings. The van der Waals surface area contributed by atoms with E-state index in [4.69, 9.17) is 10.8 Å². The fourth-order valence-electron chi connectivity index (χ4n) is 2.25. The number of H-pyrrole nitrogens is 1. The fraction of sp³-hybridized carbons (Fsp3) is 0.562. The second kappa shape index (κ2) is 11.3. The quantitative estimate of drug-likeness (QED) is 0.205. The van der Waals surface area contributed by atoms with Gasteiger partial charge in [0.05, 0.1) is 12.4 Å². The Balaban J connectivity index is 2.89. The smallest absolute Gasteiger partial charge is 0.322 e. The summed E-state index contributed by atoms with van der Waals surface area (Å²) in [6, 6.07) is -2.88. The number of aromatic nitrogens is 2. The fourth-order valence-corrected chi connectivity index (χ4v) is 2.42. The number of carboxylic acid groups (broad SMARTS) is 1. The monoisotopic (exact) mass is 414 g/mol. The summed E-state index contributed by atoms with van der Waals surface area (Å²) >= 11 is 3.96. The average Bonchev–Trinajstić information content (AvgIpc) is 3.15. The summed E-state index contributed by atoms with van der Waals surface area (Å²) in [5.74, 6) is -3.20. The van der Waals surface area contributed by atoms with Crippen LogP contribution in [0.5, 0.6) is 0 Å². The molecule has 7 N–H and O–H groups in total. The molecule has 3 atom stereocenters. The minimum absolute atomic E-state index is 0.0616. The summed E-state index contributed by atoms with van der Waals surface area (Å²) in [6.07, 6.45) is 2.96. The van der Waals surface area contributed by atoms with E-state index in [2.05, 4.69) is 38.5 Å². The van der Waals surface area contributed by atoms with E-state index in [1.165, 1.54) is 12.5 Å². The molecule has 3 unspecified atom stereocenters. The lowest BCUT2D eigenvalue weighted by molar-refractivity contribution is -0.138. The minimum atomic E-state index is -1.21. The number of nitrogens with one attached hydrogen (secondary N) is 4. The molecule has 0 aliphatic rings. The van der Waals surface area contributed by atoms with Crippen LogP contribution in [-0.2, 0) is 25.6 Å². The minimum Gasteiger partial charge on any atom is -0.480 e. The normalized spacial score (nSPS) is 14.0. The number of thiol groups is 1. The van der Waals surface area contributed by atoms with Crippen LogP contribution in [0.2, 0.25) is 0 Å². The van der Waals surface area contributed by atoms with Crippen LogP contribution in [-0.4, -0.2) is 69.2 Å². The summed E-state index contributed by atoms with van der Waals surface area (Å²) in [6.45, 7) is 2.87. The number of nitrogens with zero attached hydrogens (tertiary/aromatic N) is 1. The lowest BCUT2D eigenvalue weighted by atomic mass is 10.0. The van der Waals surface area contributed by atoms with Crippen molar-refractivity contribution in [1.82, 2.24) is 25.9 Å². The largest absolute Gasteiger partial charge is 0.480 e. The predicted octanol–water partition coefficient (Wildman–Crippen LogP) is -1.96. The van der Waals surface area contributed by atoms with Gasteiger partial charge in [0, 0.05) is 24.1 Å². The van der Waals surface area contributed by atoms with E-state index in [0.717, 1.165) is 0 Å². The molecule has 0 saturated carbocycles. The maximum Gasteiger partial charge on any atom is 0.322 e. The van der Waals surface area contributed by atoms with Crippen molar-refractivity contribution in [2.24, 2.45) is 11.7 Å². The Bertz CT molecular complexity index is 681. The molecule has 0 fully saturated rings. The van der Waals surface area contributed by atoms with Gasteiger partial charge in [0.25, 0.3) is 0 Å². The molecule has 156 valence electrons. The van der Waals surface area contributed by atoms with Crippen LogP contribution in [0.1, 0.15) is 19.5 Å². The number of carboxylic acids is 1. The van der Waals surface area contributed by atoms with Crippen molar-refractivity contribution in [2.75, 3.05) is 12.3 Å². The lowest BCUT2D eigenvalue weighted by Crippen LogP contribution is -2.58. The third-order valence-electron chi connectivity index (χ3n) is 3.81. The number of carbonyl (C=O) groups is 4. The van der Waals surface area contributed by atoms with E-state index >= 15 is 0 Å². The molecule has 12 heteroatoms. The van der Waals surface area contributed by atoms with Gasteiger partial charge in [-0.25, -0.2) is 4.98 Å². The van der Waals surface area contributed by atoms with Crippen LogP contribution in [0.3, 0.4) is 0 Å². The number of aliphatic carboxylic acids is 1. The highest BCUT2D eigenvalue weighted by Gasteiger charge is 2.30. The highest BCUT2D eigenvalue weighted by atomic mass is 32.1. The molecule has 28 heavy (non-hydrogen) atoms. The van der Waals surface area contributed by atoms with Gasteiger partial charge >= 0.3 is 5.97 Å². The van der Waals surface area contributed by atoms with Crippen LogP contribution >= 0.6 is 12.6 Å². The van der Waals surface area contributed by atoms with Gasteiger partial charge < -0.3 is 31.8 Å². The first-order valence-electron chi connectivity index (χ1n) is 8.59. The Morgan fingerprint density at radius 3 is 2.39 bits per heavy atom. The Kier molecular flexibility index (Phi) is 9.45. The van der Waals surface area contributed by atoms with Gasteiger partial charge in [0.15, 0.2) is 0 Å². The Labute approximate surface area is 167 Å². The molecular formula is C16H26N6O5S. The van der Waals surface area contributed by atoms with E-state index in [1.54, 1.807) is 13.8 Å². The summed E-state index contributed by atoms with van der Waals surface area (Å²) in [7, 11) is 0. The van der Waals surface area contributed by atoms with Crippen molar-refractivity contribution in [2.45, 2.75) is 38.4 Å². The first-order chi connectivity index (χ1) is 13.1. The summed E-state index contributed by atoms with van der Waals surface area (Å²) in [5.41, 5.74) is 6.19. The first kappa shape index (κ1) is 23.4. The maximum absolute atomic E-state index is 12.7. The Morgan fingerprint density at radius 1 is 1.21 bits per heavy atom. The van der Waals surface area contributed by atoms with Gasteiger partial charge in [0.1, 0.15) is 18.6 Å². The molecular weight excluding hydrogens is 388 g/mol. The van der Waals surface area contributed by atoms with Crippen LogP contribution in [0, 0.1) is 5.92 Å². The molecule has 1 aromatic heterocycles. The first-order valence-corrected chi connectivity index (χ1v) is 9.22. The van der Waals surface area contributed by atoms with Crippen LogP contribution in [0.15, 0.2) is 12.5 Å². The molecule has 11 nitrogen and oxygen atoms in total. The number of rotatable bonds is 11. The molecule has 1 rings (SSSR count). The van der Waals surface area contributed by atoms with Gasteiger partial charge in [-0.3, -0.25) is 19.2 Å². The molecule has 0 bridgehead atoms. The highest BCUT2D eigenvalue weighted by molar-refractivity contribution is 7.80. The van der Waals surface area contributed by atoms with E-state index in [1.807, 2.05) is 0 Å². The lowest BCUT2D eigenvalue weighted by Gasteiger charge is -2.26. The van der Waals surface area contributed by atoms with Crippen LogP contribution < -0.4 is 21.7 Å². The Hall–Kier alpha value is -2.60.